The van der Waals surface area contributed by atoms with Gasteiger partial charge in [-0.05, 0) is 85.4 Å². The van der Waals surface area contributed by atoms with Crippen LogP contribution in [0.2, 0.25) is 23.2 Å². The third kappa shape index (κ3) is 5.95. The minimum atomic E-state index is -3.91. The Hall–Kier alpha value is -2.42. The number of aromatic nitrogens is 1. The fourth-order valence-electron chi connectivity index (χ4n) is 4.82. The number of benzene rings is 3. The molecular formula is C32H39ClN2O3SSi. The molecule has 0 radical (unpaired) electrons. The van der Waals surface area contributed by atoms with Crippen LogP contribution in [0.1, 0.15) is 57.0 Å². The molecule has 4 aromatic rings. The first-order valence-electron chi connectivity index (χ1n) is 14.0. The fourth-order valence-corrected chi connectivity index (χ4v) is 7.86. The Morgan fingerprint density at radius 1 is 0.975 bits per heavy atom. The zero-order valence-electron chi connectivity index (χ0n) is 23.9. The van der Waals surface area contributed by atoms with Gasteiger partial charge in [-0.1, -0.05) is 80.9 Å². The summed E-state index contributed by atoms with van der Waals surface area (Å²) in [6, 6.07) is 25.7. The molecule has 8 heteroatoms. The summed E-state index contributed by atoms with van der Waals surface area (Å²) in [5.74, 6) is 0.582. The van der Waals surface area contributed by atoms with Gasteiger partial charge in [-0.25, -0.2) is 12.4 Å². The van der Waals surface area contributed by atoms with E-state index in [4.69, 9.17) is 16.0 Å². The Bertz CT molecular complexity index is 1590. The largest absolute Gasteiger partial charge is 0.408 e. The maximum Gasteiger partial charge on any atom is 0.268 e. The van der Waals surface area contributed by atoms with E-state index in [0.717, 1.165) is 17.5 Å². The molecule has 1 fully saturated rings. The van der Waals surface area contributed by atoms with E-state index in [1.807, 2.05) is 60.7 Å². The molecule has 0 amide bonds. The minimum Gasteiger partial charge on any atom is -0.408 e. The summed E-state index contributed by atoms with van der Waals surface area (Å²) in [6.07, 6.45) is 1.90. The Morgan fingerprint density at radius 3 is 2.30 bits per heavy atom. The molecule has 1 aliphatic carbocycles. The standard InChI is InChI=1S/C32H39ClN2O3SSi/c1-32(2,3)40(4,5)38-31(25-13-11-14-26(33)20-25)30(34-22-23-18-19-23)29-21-24-12-9-10-17-28(24)35(29)39(36,37)27-15-7-6-8-16-27/h6-17,20-21,23,30-31,34H,18-19,22H2,1-5H3. The highest BCUT2D eigenvalue weighted by molar-refractivity contribution is 7.90. The van der Waals surface area contributed by atoms with Crippen LogP contribution in [-0.2, 0) is 14.4 Å². The van der Waals surface area contributed by atoms with Gasteiger partial charge in [0.2, 0.25) is 0 Å². The smallest absolute Gasteiger partial charge is 0.268 e. The maximum absolute atomic E-state index is 14.3. The van der Waals surface area contributed by atoms with E-state index in [1.165, 1.54) is 16.8 Å². The van der Waals surface area contributed by atoms with Crippen molar-refractivity contribution in [3.63, 3.8) is 0 Å². The van der Waals surface area contributed by atoms with Gasteiger partial charge in [0, 0.05) is 10.4 Å². The van der Waals surface area contributed by atoms with Gasteiger partial charge in [-0.15, -0.1) is 0 Å². The van der Waals surface area contributed by atoms with Crippen molar-refractivity contribution < 1.29 is 12.8 Å². The first kappa shape index (κ1) is 29.1. The number of nitrogens with one attached hydrogen (secondary N) is 1. The van der Waals surface area contributed by atoms with E-state index < -0.39 is 30.5 Å². The number of halogens is 1. The van der Waals surface area contributed by atoms with E-state index >= 15 is 0 Å². The van der Waals surface area contributed by atoms with Crippen LogP contribution in [0.25, 0.3) is 10.9 Å². The SMILES string of the molecule is CC(C)(C)[Si](C)(C)OC(c1cccc(Cl)c1)C(NCC1CC1)c1cc2ccccc2n1S(=O)(=O)c1ccccc1. The van der Waals surface area contributed by atoms with Crippen LogP contribution in [0.3, 0.4) is 0 Å². The lowest BCUT2D eigenvalue weighted by Crippen LogP contribution is -2.45. The Morgan fingerprint density at radius 2 is 1.65 bits per heavy atom. The topological polar surface area (TPSA) is 60.3 Å². The lowest BCUT2D eigenvalue weighted by atomic mass is 9.99. The van der Waals surface area contributed by atoms with Gasteiger partial charge >= 0.3 is 0 Å². The summed E-state index contributed by atoms with van der Waals surface area (Å²) >= 11 is 6.52. The first-order valence-corrected chi connectivity index (χ1v) is 18.7. The predicted octanol–water partition coefficient (Wildman–Crippen LogP) is 8.34. The molecule has 212 valence electrons. The summed E-state index contributed by atoms with van der Waals surface area (Å²) < 4.78 is 37.4. The predicted molar refractivity (Wildman–Crippen MR) is 167 cm³/mol. The number of fused-ring (bicyclic) bond motifs is 1. The molecule has 2 atom stereocenters. The molecule has 1 N–H and O–H groups in total. The molecule has 2 unspecified atom stereocenters. The molecule has 5 nitrogen and oxygen atoms in total. The van der Waals surface area contributed by atoms with E-state index in [0.29, 0.717) is 22.2 Å². The molecule has 1 aromatic heterocycles. The van der Waals surface area contributed by atoms with E-state index in [-0.39, 0.29) is 9.93 Å². The molecule has 0 saturated heterocycles. The van der Waals surface area contributed by atoms with Crippen molar-refractivity contribution in [2.24, 2.45) is 5.92 Å². The molecule has 0 aliphatic heterocycles. The van der Waals surface area contributed by atoms with E-state index in [1.54, 1.807) is 24.3 Å². The lowest BCUT2D eigenvalue weighted by molar-refractivity contribution is 0.134. The summed E-state index contributed by atoms with van der Waals surface area (Å²) in [4.78, 5) is 0.253. The summed E-state index contributed by atoms with van der Waals surface area (Å²) in [6.45, 7) is 11.9. The van der Waals surface area contributed by atoms with Crippen LogP contribution in [0.4, 0.5) is 0 Å². The van der Waals surface area contributed by atoms with Crippen molar-refractivity contribution in [1.29, 1.82) is 0 Å². The molecule has 5 rings (SSSR count). The van der Waals surface area contributed by atoms with Crippen LogP contribution in [0.5, 0.6) is 0 Å². The fraction of sp³-hybridized carbons (Fsp3) is 0.375. The highest BCUT2D eigenvalue weighted by Gasteiger charge is 2.43. The van der Waals surface area contributed by atoms with Crippen molar-refractivity contribution in [2.45, 2.75) is 68.8 Å². The Kier molecular flexibility index (Phi) is 8.07. The van der Waals surface area contributed by atoms with Gasteiger partial charge in [-0.3, -0.25) is 0 Å². The van der Waals surface area contributed by atoms with Crippen molar-refractivity contribution in [3.05, 3.63) is 101 Å². The number of para-hydroxylation sites is 1. The van der Waals surface area contributed by atoms with Gasteiger partial charge in [0.25, 0.3) is 10.0 Å². The highest BCUT2D eigenvalue weighted by atomic mass is 35.5. The van der Waals surface area contributed by atoms with Crippen LogP contribution in [0.15, 0.2) is 89.8 Å². The molecule has 1 saturated carbocycles. The number of nitrogens with zero attached hydrogens (tertiary/aromatic N) is 1. The third-order valence-corrected chi connectivity index (χ3v) is 14.8. The molecule has 0 spiro atoms. The Balaban J connectivity index is 1.75. The van der Waals surface area contributed by atoms with Crippen LogP contribution >= 0.6 is 11.6 Å². The summed E-state index contributed by atoms with van der Waals surface area (Å²) in [5.41, 5.74) is 2.24. The lowest BCUT2D eigenvalue weighted by Gasteiger charge is -2.42. The van der Waals surface area contributed by atoms with Crippen molar-refractivity contribution >= 4 is 40.8 Å². The molecule has 1 heterocycles. The second kappa shape index (κ2) is 11.1. The van der Waals surface area contributed by atoms with Gasteiger partial charge in [-0.2, -0.15) is 0 Å². The average Bonchev–Trinajstić information content (AvgIpc) is 3.65. The van der Waals surface area contributed by atoms with Crippen molar-refractivity contribution in [2.75, 3.05) is 6.54 Å². The summed E-state index contributed by atoms with van der Waals surface area (Å²) in [7, 11) is -6.22. The second-order valence-corrected chi connectivity index (χ2v) is 19.4. The second-order valence-electron chi connectivity index (χ2n) is 12.4. The normalized spacial score (nSPS) is 16.2. The van der Waals surface area contributed by atoms with Crippen molar-refractivity contribution in [1.82, 2.24) is 9.29 Å². The quantitative estimate of drug-likeness (QED) is 0.187. The third-order valence-electron chi connectivity index (χ3n) is 8.32. The first-order chi connectivity index (χ1) is 18.9. The minimum absolute atomic E-state index is 0.0479. The average molecular weight is 595 g/mol. The van der Waals surface area contributed by atoms with Gasteiger partial charge in [0.15, 0.2) is 8.32 Å². The zero-order valence-corrected chi connectivity index (χ0v) is 26.5. The molecule has 1 aliphatic rings. The number of rotatable bonds is 10. The molecule has 0 bridgehead atoms. The zero-order chi connectivity index (χ0) is 28.7. The van der Waals surface area contributed by atoms with Crippen LogP contribution in [0, 0.1) is 5.92 Å². The molecule has 40 heavy (non-hydrogen) atoms. The van der Waals surface area contributed by atoms with Gasteiger partial charge in [0.05, 0.1) is 28.3 Å². The monoisotopic (exact) mass is 594 g/mol. The van der Waals surface area contributed by atoms with Crippen LogP contribution in [-0.4, -0.2) is 27.3 Å². The Labute approximate surface area is 244 Å². The van der Waals surface area contributed by atoms with Gasteiger partial charge in [0.1, 0.15) is 0 Å². The molecular weight excluding hydrogens is 556 g/mol. The summed E-state index contributed by atoms with van der Waals surface area (Å²) in [5, 5.41) is 5.23. The number of hydrogen-bond donors (Lipinski definition) is 1. The highest BCUT2D eigenvalue weighted by Crippen LogP contribution is 2.45. The van der Waals surface area contributed by atoms with E-state index in [2.05, 4.69) is 39.2 Å². The van der Waals surface area contributed by atoms with E-state index in [9.17, 15) is 8.42 Å². The van der Waals surface area contributed by atoms with Crippen LogP contribution < -0.4 is 5.32 Å². The molecule has 3 aromatic carbocycles. The van der Waals surface area contributed by atoms with Gasteiger partial charge < -0.3 is 9.74 Å². The maximum atomic E-state index is 14.3. The van der Waals surface area contributed by atoms with Crippen molar-refractivity contribution in [3.8, 4) is 0 Å². The number of hydrogen-bond acceptors (Lipinski definition) is 4.